The Bertz CT molecular complexity index is 457. The lowest BCUT2D eigenvalue weighted by Crippen LogP contribution is -1.97. The average Bonchev–Trinajstić information content (AvgIpc) is 2.39. The van der Waals surface area contributed by atoms with Crippen LogP contribution in [0.5, 0.6) is 0 Å². The highest BCUT2D eigenvalue weighted by molar-refractivity contribution is 6.32. The predicted molar refractivity (Wildman–Crippen MR) is 73.3 cm³/mol. The van der Waals surface area contributed by atoms with Gasteiger partial charge >= 0.3 is 6.21 Å². The van der Waals surface area contributed by atoms with E-state index in [1.807, 2.05) is 30.3 Å². The summed E-state index contributed by atoms with van der Waals surface area (Å²) in [6.07, 6.45) is 6.68. The highest BCUT2D eigenvalue weighted by Gasteiger charge is 2.05. The largest absolute Gasteiger partial charge is 0.361 e. The minimum atomic E-state index is -0.284. The summed E-state index contributed by atoms with van der Waals surface area (Å²) in [5, 5.41) is 0. The van der Waals surface area contributed by atoms with Crippen molar-refractivity contribution >= 4 is 17.6 Å². The Balaban J connectivity index is 2.88. The number of hydrogen-bond acceptors (Lipinski definition) is 1. The van der Waals surface area contributed by atoms with Gasteiger partial charge in [0.1, 0.15) is 0 Å². The molecular weight excluding hydrogens is 224 g/mol. The molecule has 0 unspecified atom stereocenters. The molecule has 0 amide bonds. The molecular formula is C15H18N2O. The lowest BCUT2D eigenvalue weighted by atomic mass is 9.98. The van der Waals surface area contributed by atoms with Gasteiger partial charge < -0.3 is 5.53 Å². The number of ketones is 1. The van der Waals surface area contributed by atoms with Crippen LogP contribution in [0.2, 0.25) is 0 Å². The summed E-state index contributed by atoms with van der Waals surface area (Å²) < 4.78 is 0. The van der Waals surface area contributed by atoms with E-state index in [-0.39, 0.29) is 5.78 Å². The summed E-state index contributed by atoms with van der Waals surface area (Å²) >= 11 is 0. The zero-order chi connectivity index (χ0) is 13.2. The molecule has 0 N–H and O–H groups in total. The molecule has 0 aliphatic carbocycles. The van der Waals surface area contributed by atoms with Crippen molar-refractivity contribution in [2.24, 2.45) is 0 Å². The second-order valence-corrected chi connectivity index (χ2v) is 4.14. The number of rotatable bonds is 7. The molecule has 0 atom stereocenters. The molecule has 94 valence electrons. The van der Waals surface area contributed by atoms with Crippen LogP contribution in [0.4, 0.5) is 0 Å². The van der Waals surface area contributed by atoms with Crippen molar-refractivity contribution in [3.8, 4) is 0 Å². The van der Waals surface area contributed by atoms with Gasteiger partial charge in [0.2, 0.25) is 0 Å². The van der Waals surface area contributed by atoms with Gasteiger partial charge in [-0.2, -0.15) is 4.79 Å². The smallest absolute Gasteiger partial charge is 0.327 e. The summed E-state index contributed by atoms with van der Waals surface area (Å²) in [5.41, 5.74) is 10.4. The molecule has 0 aliphatic heterocycles. The van der Waals surface area contributed by atoms with Gasteiger partial charge in [-0.3, -0.25) is 4.79 Å². The topological polar surface area (TPSA) is 53.5 Å². The molecule has 0 fully saturated rings. The van der Waals surface area contributed by atoms with Crippen LogP contribution in [0.1, 0.15) is 38.2 Å². The van der Waals surface area contributed by atoms with Crippen LogP contribution >= 0.6 is 0 Å². The van der Waals surface area contributed by atoms with Gasteiger partial charge in [-0.05, 0) is 30.1 Å². The van der Waals surface area contributed by atoms with Crippen molar-refractivity contribution in [2.45, 2.75) is 32.6 Å². The van der Waals surface area contributed by atoms with E-state index in [0.717, 1.165) is 43.0 Å². The first-order valence-corrected chi connectivity index (χ1v) is 6.25. The number of hydrogen-bond donors (Lipinski definition) is 0. The van der Waals surface area contributed by atoms with Crippen molar-refractivity contribution in [2.75, 3.05) is 0 Å². The molecule has 0 heterocycles. The fourth-order valence-corrected chi connectivity index (χ4v) is 1.78. The zero-order valence-electron chi connectivity index (χ0n) is 10.7. The first kappa shape index (κ1) is 14.1. The van der Waals surface area contributed by atoms with Crippen LogP contribution in [0.3, 0.4) is 0 Å². The molecule has 0 saturated carbocycles. The van der Waals surface area contributed by atoms with Crippen LogP contribution in [-0.4, -0.2) is 16.8 Å². The quantitative estimate of drug-likeness (QED) is 0.237. The fourth-order valence-electron chi connectivity index (χ4n) is 1.78. The van der Waals surface area contributed by atoms with Gasteiger partial charge in [0, 0.05) is 0 Å². The number of nitrogens with zero attached hydrogens (tertiary/aromatic N) is 2. The SMILES string of the molecule is CCCCC/C(=C\C(=O)C=[N+]=[N-])c1ccccc1. The van der Waals surface area contributed by atoms with E-state index < -0.39 is 0 Å². The standard InChI is InChI=1S/C15H18N2O/c1-2-3-5-10-14(11-15(18)12-17-16)13-8-6-4-7-9-13/h4,6-9,11-12H,2-3,5,10H2,1H3/b14-11+. The van der Waals surface area contributed by atoms with E-state index in [2.05, 4.69) is 11.7 Å². The summed E-state index contributed by atoms with van der Waals surface area (Å²) in [4.78, 5) is 14.2. The van der Waals surface area contributed by atoms with Crippen LogP contribution in [0.15, 0.2) is 36.4 Å². The first-order chi connectivity index (χ1) is 8.77. The highest BCUT2D eigenvalue weighted by atomic mass is 16.1. The van der Waals surface area contributed by atoms with Crippen molar-refractivity contribution in [1.29, 1.82) is 0 Å². The lowest BCUT2D eigenvalue weighted by Gasteiger charge is -2.06. The first-order valence-electron chi connectivity index (χ1n) is 6.25. The van der Waals surface area contributed by atoms with E-state index in [0.29, 0.717) is 0 Å². The summed E-state index contributed by atoms with van der Waals surface area (Å²) in [5.74, 6) is -0.284. The maximum absolute atomic E-state index is 11.5. The third kappa shape index (κ3) is 4.89. The minimum Gasteiger partial charge on any atom is -0.361 e. The number of carbonyl (C=O) groups is 1. The van der Waals surface area contributed by atoms with E-state index in [1.54, 1.807) is 6.08 Å². The Kier molecular flexibility index (Phi) is 6.37. The second kappa shape index (κ2) is 8.15. The lowest BCUT2D eigenvalue weighted by molar-refractivity contribution is -0.111. The zero-order valence-corrected chi connectivity index (χ0v) is 10.7. The third-order valence-corrected chi connectivity index (χ3v) is 2.70. The van der Waals surface area contributed by atoms with Crippen LogP contribution in [0, 0.1) is 0 Å². The number of carbonyl (C=O) groups excluding carboxylic acids is 1. The molecule has 0 bridgehead atoms. The number of unbranched alkanes of at least 4 members (excludes halogenated alkanes) is 2. The van der Waals surface area contributed by atoms with Crippen LogP contribution in [0.25, 0.3) is 11.1 Å². The van der Waals surface area contributed by atoms with Crippen LogP contribution in [-0.2, 0) is 4.79 Å². The fraction of sp³-hybridized carbons (Fsp3) is 0.333. The van der Waals surface area contributed by atoms with E-state index in [1.165, 1.54) is 0 Å². The summed E-state index contributed by atoms with van der Waals surface area (Å²) in [6.45, 7) is 2.15. The van der Waals surface area contributed by atoms with Crippen molar-refractivity contribution in [1.82, 2.24) is 0 Å². The Labute approximate surface area is 108 Å². The van der Waals surface area contributed by atoms with Crippen molar-refractivity contribution in [3.05, 3.63) is 47.5 Å². The Morgan fingerprint density at radius 2 is 2.00 bits per heavy atom. The number of benzene rings is 1. The number of allylic oxidation sites excluding steroid dienone is 2. The van der Waals surface area contributed by atoms with E-state index in [9.17, 15) is 4.79 Å². The normalized spacial score (nSPS) is 10.8. The molecule has 18 heavy (non-hydrogen) atoms. The maximum Gasteiger partial charge on any atom is 0.327 e. The Morgan fingerprint density at radius 3 is 2.61 bits per heavy atom. The van der Waals surface area contributed by atoms with Gasteiger partial charge in [0.15, 0.2) is 0 Å². The molecule has 0 aliphatic rings. The maximum atomic E-state index is 11.5. The van der Waals surface area contributed by atoms with Gasteiger partial charge in [0.25, 0.3) is 5.78 Å². The molecule has 0 spiro atoms. The minimum absolute atomic E-state index is 0.284. The highest BCUT2D eigenvalue weighted by Crippen LogP contribution is 2.20. The summed E-state index contributed by atoms with van der Waals surface area (Å²) in [7, 11) is 0. The molecule has 3 nitrogen and oxygen atoms in total. The van der Waals surface area contributed by atoms with Crippen molar-refractivity contribution < 1.29 is 9.58 Å². The molecule has 1 aromatic rings. The monoisotopic (exact) mass is 242 g/mol. The average molecular weight is 242 g/mol. The van der Waals surface area contributed by atoms with Gasteiger partial charge in [0.05, 0.1) is 0 Å². The Morgan fingerprint density at radius 1 is 1.28 bits per heavy atom. The third-order valence-electron chi connectivity index (χ3n) is 2.70. The molecule has 3 heteroatoms. The summed E-state index contributed by atoms with van der Waals surface area (Å²) in [6, 6.07) is 9.83. The van der Waals surface area contributed by atoms with Gasteiger partial charge in [-0.1, -0.05) is 50.1 Å². The second-order valence-electron chi connectivity index (χ2n) is 4.14. The molecule has 0 aromatic heterocycles. The Hall–Kier alpha value is -1.99. The molecule has 0 saturated heterocycles. The van der Waals surface area contributed by atoms with Gasteiger partial charge in [-0.15, -0.1) is 0 Å². The van der Waals surface area contributed by atoms with Crippen LogP contribution < -0.4 is 0 Å². The van der Waals surface area contributed by atoms with E-state index >= 15 is 0 Å². The molecule has 1 aromatic carbocycles. The predicted octanol–water partition coefficient (Wildman–Crippen LogP) is 3.52. The van der Waals surface area contributed by atoms with E-state index in [4.69, 9.17) is 5.53 Å². The van der Waals surface area contributed by atoms with Crippen molar-refractivity contribution in [3.63, 3.8) is 0 Å². The molecule has 0 radical (unpaired) electrons. The molecule has 1 rings (SSSR count). The van der Waals surface area contributed by atoms with Gasteiger partial charge in [-0.25, -0.2) is 0 Å².